The quantitative estimate of drug-likeness (QED) is 0.844. The Morgan fingerprint density at radius 3 is 2.48 bits per heavy atom. The molecule has 1 fully saturated rings. The first-order valence-electron chi connectivity index (χ1n) is 8.66. The fourth-order valence-corrected chi connectivity index (χ4v) is 2.99. The number of rotatable bonds is 4. The second-order valence-electron chi connectivity index (χ2n) is 6.85. The molecule has 0 unspecified atom stereocenters. The molecule has 3 rings (SSSR count). The average Bonchev–Trinajstić information content (AvgIpc) is 3.05. The van der Waals surface area contributed by atoms with Gasteiger partial charge in [0, 0.05) is 17.0 Å². The summed E-state index contributed by atoms with van der Waals surface area (Å²) in [5.41, 5.74) is 2.07. The van der Waals surface area contributed by atoms with E-state index in [1.807, 2.05) is 24.3 Å². The summed E-state index contributed by atoms with van der Waals surface area (Å²) in [5, 5.41) is 0. The van der Waals surface area contributed by atoms with Crippen LogP contribution in [0.4, 0.5) is 0 Å². The Bertz CT molecular complexity index is 552. The van der Waals surface area contributed by atoms with Gasteiger partial charge in [0.2, 0.25) is 5.90 Å². The van der Waals surface area contributed by atoms with E-state index in [2.05, 4.69) is 32.7 Å². The molecule has 0 spiro atoms. The van der Waals surface area contributed by atoms with Crippen molar-refractivity contribution < 1.29 is 14.2 Å². The van der Waals surface area contributed by atoms with E-state index in [9.17, 15) is 0 Å². The van der Waals surface area contributed by atoms with Gasteiger partial charge in [0.15, 0.2) is 6.29 Å². The summed E-state index contributed by atoms with van der Waals surface area (Å²) in [5.74, 6) is 1.74. The summed E-state index contributed by atoms with van der Waals surface area (Å²) in [6, 6.07) is 8.45. The molecule has 23 heavy (non-hydrogen) atoms. The average molecular weight is 317 g/mol. The largest absolute Gasteiger partial charge is 0.475 e. The van der Waals surface area contributed by atoms with Crippen LogP contribution in [0.2, 0.25) is 0 Å². The van der Waals surface area contributed by atoms with Crippen molar-refractivity contribution in [3.8, 4) is 0 Å². The fraction of sp³-hybridized carbons (Fsp3) is 0.632. The lowest BCUT2D eigenvalue weighted by molar-refractivity contribution is -0.236. The highest BCUT2D eigenvalue weighted by Gasteiger charge is 2.29. The molecule has 0 N–H and O–H groups in total. The topological polar surface area (TPSA) is 40.0 Å². The summed E-state index contributed by atoms with van der Waals surface area (Å²) in [4.78, 5) is 4.66. The Labute approximate surface area is 138 Å². The smallest absolute Gasteiger partial charge is 0.216 e. The Hall–Kier alpha value is -1.39. The van der Waals surface area contributed by atoms with Crippen molar-refractivity contribution >= 4 is 5.90 Å². The molecule has 1 saturated heterocycles. The third-order valence-electron chi connectivity index (χ3n) is 4.86. The van der Waals surface area contributed by atoms with Crippen molar-refractivity contribution in [1.29, 1.82) is 0 Å². The van der Waals surface area contributed by atoms with E-state index >= 15 is 0 Å². The first-order chi connectivity index (χ1) is 11.1. The predicted octanol–water partition coefficient (Wildman–Crippen LogP) is 3.95. The minimum Gasteiger partial charge on any atom is -0.475 e. The van der Waals surface area contributed by atoms with Gasteiger partial charge in [-0.3, -0.25) is 0 Å². The summed E-state index contributed by atoms with van der Waals surface area (Å²) >= 11 is 0. The van der Waals surface area contributed by atoms with Crippen molar-refractivity contribution in [2.75, 3.05) is 13.2 Å². The van der Waals surface area contributed by atoms with Crippen LogP contribution in [-0.4, -0.2) is 31.3 Å². The SMILES string of the molecule is CC[C@H]1CO[C@H](c2ccc(C3=N[C@H](C(C)C)CO3)cc2)O[C@@H]1C. The lowest BCUT2D eigenvalue weighted by Crippen LogP contribution is -2.33. The van der Waals surface area contributed by atoms with Crippen molar-refractivity contribution in [1.82, 2.24) is 0 Å². The highest BCUT2D eigenvalue weighted by Crippen LogP contribution is 2.30. The highest BCUT2D eigenvalue weighted by molar-refractivity contribution is 5.95. The Balaban J connectivity index is 1.67. The molecule has 2 aliphatic rings. The standard InChI is InChI=1S/C19H27NO3/c1-5-14-10-22-19(23-13(14)4)16-8-6-15(7-9-16)18-20-17(11-21-18)12(2)3/h6-9,12-14,17,19H,5,10-11H2,1-4H3/t13-,14+,17+,19+/m1/s1. The van der Waals surface area contributed by atoms with Crippen LogP contribution >= 0.6 is 0 Å². The molecular weight excluding hydrogens is 290 g/mol. The summed E-state index contributed by atoms with van der Waals surface area (Å²) in [6.45, 7) is 10.1. The molecule has 0 radical (unpaired) electrons. The minimum absolute atomic E-state index is 0.229. The van der Waals surface area contributed by atoms with Crippen LogP contribution in [0.25, 0.3) is 0 Å². The number of ether oxygens (including phenoxy) is 3. The van der Waals surface area contributed by atoms with Crippen LogP contribution in [0.15, 0.2) is 29.3 Å². The molecule has 2 aliphatic heterocycles. The summed E-state index contributed by atoms with van der Waals surface area (Å²) in [6.07, 6.45) is 1.05. The zero-order valence-electron chi connectivity index (χ0n) is 14.5. The van der Waals surface area contributed by atoms with E-state index in [4.69, 9.17) is 14.2 Å². The van der Waals surface area contributed by atoms with Crippen molar-refractivity contribution in [3.63, 3.8) is 0 Å². The number of nitrogens with zero attached hydrogens (tertiary/aromatic N) is 1. The molecule has 1 aromatic carbocycles. The lowest BCUT2D eigenvalue weighted by Gasteiger charge is -2.34. The van der Waals surface area contributed by atoms with E-state index < -0.39 is 0 Å². The zero-order chi connectivity index (χ0) is 16.4. The zero-order valence-corrected chi connectivity index (χ0v) is 14.5. The minimum atomic E-state index is -0.267. The normalized spacial score (nSPS) is 31.1. The van der Waals surface area contributed by atoms with Gasteiger partial charge < -0.3 is 14.2 Å². The second kappa shape index (κ2) is 7.02. The number of benzene rings is 1. The third-order valence-corrected chi connectivity index (χ3v) is 4.86. The third kappa shape index (κ3) is 3.59. The Kier molecular flexibility index (Phi) is 5.02. The monoisotopic (exact) mass is 317 g/mol. The van der Waals surface area contributed by atoms with E-state index in [-0.39, 0.29) is 18.4 Å². The number of hydrogen-bond acceptors (Lipinski definition) is 4. The van der Waals surface area contributed by atoms with Gasteiger partial charge >= 0.3 is 0 Å². The van der Waals surface area contributed by atoms with Gasteiger partial charge in [-0.05, 0) is 31.4 Å². The van der Waals surface area contributed by atoms with E-state index in [1.54, 1.807) is 0 Å². The summed E-state index contributed by atoms with van der Waals surface area (Å²) < 4.78 is 17.6. The van der Waals surface area contributed by atoms with Crippen molar-refractivity contribution in [2.45, 2.75) is 52.6 Å². The first-order valence-corrected chi connectivity index (χ1v) is 8.66. The van der Waals surface area contributed by atoms with Crippen LogP contribution in [0.5, 0.6) is 0 Å². The van der Waals surface area contributed by atoms with Crippen LogP contribution in [0.1, 0.15) is 51.5 Å². The molecule has 1 aromatic rings. The molecule has 0 aromatic heterocycles. The van der Waals surface area contributed by atoms with Gasteiger partial charge in [-0.25, -0.2) is 4.99 Å². The van der Waals surface area contributed by atoms with Crippen LogP contribution in [-0.2, 0) is 14.2 Å². The highest BCUT2D eigenvalue weighted by atomic mass is 16.7. The lowest BCUT2D eigenvalue weighted by atomic mass is 10.0. The summed E-state index contributed by atoms with van der Waals surface area (Å²) in [7, 11) is 0. The molecule has 0 amide bonds. The van der Waals surface area contributed by atoms with E-state index in [0.717, 1.165) is 30.1 Å². The maximum absolute atomic E-state index is 6.01. The van der Waals surface area contributed by atoms with Gasteiger partial charge in [0.25, 0.3) is 0 Å². The van der Waals surface area contributed by atoms with Gasteiger partial charge in [0.1, 0.15) is 6.61 Å². The van der Waals surface area contributed by atoms with E-state index in [1.165, 1.54) is 0 Å². The van der Waals surface area contributed by atoms with Gasteiger partial charge in [0.05, 0.1) is 18.8 Å². The maximum atomic E-state index is 6.01. The Morgan fingerprint density at radius 1 is 1.17 bits per heavy atom. The van der Waals surface area contributed by atoms with Crippen molar-refractivity contribution in [3.05, 3.63) is 35.4 Å². The molecule has 4 atom stereocenters. The molecule has 4 heteroatoms. The fourth-order valence-electron chi connectivity index (χ4n) is 2.99. The predicted molar refractivity (Wildman–Crippen MR) is 90.6 cm³/mol. The molecule has 126 valence electrons. The number of hydrogen-bond donors (Lipinski definition) is 0. The molecule has 0 saturated carbocycles. The van der Waals surface area contributed by atoms with Gasteiger partial charge in [-0.2, -0.15) is 0 Å². The second-order valence-corrected chi connectivity index (χ2v) is 6.85. The molecule has 0 aliphatic carbocycles. The Morgan fingerprint density at radius 2 is 1.91 bits per heavy atom. The molecule has 0 bridgehead atoms. The van der Waals surface area contributed by atoms with E-state index in [0.29, 0.717) is 18.4 Å². The molecule has 2 heterocycles. The van der Waals surface area contributed by atoms with Gasteiger partial charge in [-0.1, -0.05) is 32.9 Å². The first kappa shape index (κ1) is 16.5. The maximum Gasteiger partial charge on any atom is 0.216 e. The number of aliphatic imine (C=N–C) groups is 1. The van der Waals surface area contributed by atoms with Crippen molar-refractivity contribution in [2.24, 2.45) is 16.8 Å². The van der Waals surface area contributed by atoms with Crippen LogP contribution in [0.3, 0.4) is 0 Å². The van der Waals surface area contributed by atoms with Gasteiger partial charge in [-0.15, -0.1) is 0 Å². The van der Waals surface area contributed by atoms with Crippen LogP contribution in [0, 0.1) is 11.8 Å². The molecule has 4 nitrogen and oxygen atoms in total. The molecular formula is C19H27NO3. The van der Waals surface area contributed by atoms with Crippen LogP contribution < -0.4 is 0 Å².